The fraction of sp³-hybridized carbons (Fsp3) is 0.300. The van der Waals surface area contributed by atoms with Gasteiger partial charge in [-0.15, -0.1) is 0 Å². The molecule has 3 heterocycles. The van der Waals surface area contributed by atoms with Crippen molar-refractivity contribution in [1.82, 2.24) is 19.5 Å². The van der Waals surface area contributed by atoms with Gasteiger partial charge in [0.1, 0.15) is 6.33 Å². The fourth-order valence-corrected chi connectivity index (χ4v) is 3.62. The van der Waals surface area contributed by atoms with Crippen LogP contribution in [0.15, 0.2) is 53.7 Å². The highest BCUT2D eigenvalue weighted by molar-refractivity contribution is 6.30. The van der Waals surface area contributed by atoms with Crippen LogP contribution in [-0.4, -0.2) is 45.2 Å². The van der Waals surface area contributed by atoms with E-state index in [1.165, 1.54) is 12.4 Å². The van der Waals surface area contributed by atoms with Crippen LogP contribution >= 0.6 is 11.6 Å². The van der Waals surface area contributed by atoms with Crippen molar-refractivity contribution < 1.29 is 0 Å². The number of hydrogen-bond donors (Lipinski definition) is 0. The molecule has 3 aromatic rings. The predicted molar refractivity (Wildman–Crippen MR) is 111 cm³/mol. The molecule has 0 amide bonds. The highest BCUT2D eigenvalue weighted by Gasteiger charge is 2.27. The molecule has 0 radical (unpaired) electrons. The van der Waals surface area contributed by atoms with E-state index in [9.17, 15) is 4.79 Å². The molecular weight excluding hydrogens is 376 g/mol. The van der Waals surface area contributed by atoms with E-state index in [1.54, 1.807) is 23.9 Å². The van der Waals surface area contributed by atoms with Gasteiger partial charge >= 0.3 is 0 Å². The number of anilines is 2. The van der Waals surface area contributed by atoms with Crippen LogP contribution in [0.4, 0.5) is 11.6 Å². The third kappa shape index (κ3) is 3.57. The van der Waals surface area contributed by atoms with Crippen LogP contribution in [0.2, 0.25) is 5.02 Å². The lowest BCUT2D eigenvalue weighted by Gasteiger charge is -2.42. The summed E-state index contributed by atoms with van der Waals surface area (Å²) in [5.74, 6) is 0.657. The molecule has 0 saturated carbocycles. The lowest BCUT2D eigenvalue weighted by Crippen LogP contribution is -2.53. The molecular formula is C20H21ClN6O. The van der Waals surface area contributed by atoms with Gasteiger partial charge in [0.15, 0.2) is 0 Å². The number of piperazine rings is 1. The van der Waals surface area contributed by atoms with Crippen LogP contribution in [0.5, 0.6) is 0 Å². The van der Waals surface area contributed by atoms with Gasteiger partial charge in [0, 0.05) is 55.7 Å². The second-order valence-corrected chi connectivity index (χ2v) is 7.33. The molecule has 0 bridgehead atoms. The zero-order chi connectivity index (χ0) is 19.7. The normalized spacial score (nSPS) is 17.0. The first-order chi connectivity index (χ1) is 13.5. The van der Waals surface area contributed by atoms with Crippen molar-refractivity contribution in [3.05, 3.63) is 64.3 Å². The van der Waals surface area contributed by atoms with E-state index in [0.717, 1.165) is 30.3 Å². The molecule has 1 aliphatic rings. The van der Waals surface area contributed by atoms with Crippen molar-refractivity contribution in [3.63, 3.8) is 0 Å². The van der Waals surface area contributed by atoms with Gasteiger partial charge in [-0.2, -0.15) is 0 Å². The first-order valence-corrected chi connectivity index (χ1v) is 9.52. The Bertz CT molecular complexity index is 1020. The monoisotopic (exact) mass is 396 g/mol. The number of rotatable bonds is 3. The molecule has 1 atom stereocenters. The van der Waals surface area contributed by atoms with E-state index in [-0.39, 0.29) is 11.6 Å². The summed E-state index contributed by atoms with van der Waals surface area (Å²) in [4.78, 5) is 29.9. The largest absolute Gasteiger partial charge is 0.368 e. The van der Waals surface area contributed by atoms with Gasteiger partial charge in [-0.25, -0.2) is 15.0 Å². The zero-order valence-corrected chi connectivity index (χ0v) is 16.5. The molecule has 1 aliphatic heterocycles. The molecule has 8 heteroatoms. The number of aromatic nitrogens is 4. The molecule has 4 rings (SSSR count). The fourth-order valence-electron chi connectivity index (χ4n) is 3.50. The highest BCUT2D eigenvalue weighted by atomic mass is 35.5. The van der Waals surface area contributed by atoms with Crippen LogP contribution in [-0.2, 0) is 7.05 Å². The van der Waals surface area contributed by atoms with Gasteiger partial charge in [0.25, 0.3) is 5.56 Å². The summed E-state index contributed by atoms with van der Waals surface area (Å²) in [6.07, 6.45) is 3.11. The Morgan fingerprint density at radius 2 is 1.89 bits per heavy atom. The maximum atomic E-state index is 12.5. The minimum atomic E-state index is -0.106. The number of hydrogen-bond acceptors (Lipinski definition) is 6. The van der Waals surface area contributed by atoms with Crippen LogP contribution in [0, 0.1) is 0 Å². The van der Waals surface area contributed by atoms with Gasteiger partial charge in [-0.3, -0.25) is 9.36 Å². The molecule has 0 unspecified atom stereocenters. The number of nitrogens with zero attached hydrogens (tertiary/aromatic N) is 6. The van der Waals surface area contributed by atoms with Gasteiger partial charge in [-0.05, 0) is 37.3 Å². The van der Waals surface area contributed by atoms with E-state index in [1.807, 2.05) is 24.3 Å². The van der Waals surface area contributed by atoms with Crippen molar-refractivity contribution in [3.8, 4) is 11.4 Å². The molecule has 144 valence electrons. The average Bonchev–Trinajstić information content (AvgIpc) is 2.71. The molecule has 2 aromatic heterocycles. The van der Waals surface area contributed by atoms with Gasteiger partial charge in [-0.1, -0.05) is 11.6 Å². The summed E-state index contributed by atoms with van der Waals surface area (Å²) in [5, 5.41) is 0.733. The van der Waals surface area contributed by atoms with E-state index in [4.69, 9.17) is 16.6 Å². The topological polar surface area (TPSA) is 67.2 Å². The Balaban J connectivity index is 1.62. The molecule has 1 aromatic carbocycles. The third-order valence-corrected chi connectivity index (χ3v) is 5.28. The summed E-state index contributed by atoms with van der Waals surface area (Å²) in [6, 6.07) is 11.3. The third-order valence-electron chi connectivity index (χ3n) is 5.03. The van der Waals surface area contributed by atoms with Crippen molar-refractivity contribution in [2.75, 3.05) is 29.4 Å². The van der Waals surface area contributed by atoms with Crippen LogP contribution in [0.3, 0.4) is 0 Å². The van der Waals surface area contributed by atoms with E-state index in [2.05, 4.69) is 26.7 Å². The Hall–Kier alpha value is -2.93. The second-order valence-electron chi connectivity index (χ2n) is 6.90. The van der Waals surface area contributed by atoms with Gasteiger partial charge in [0.2, 0.25) is 5.95 Å². The molecule has 1 fully saturated rings. The highest BCUT2D eigenvalue weighted by Crippen LogP contribution is 2.24. The maximum Gasteiger partial charge on any atom is 0.255 e. The van der Waals surface area contributed by atoms with Gasteiger partial charge in [0.05, 0.1) is 11.4 Å². The zero-order valence-electron chi connectivity index (χ0n) is 15.8. The Kier molecular flexibility index (Phi) is 5.00. The summed E-state index contributed by atoms with van der Waals surface area (Å²) in [6.45, 7) is 4.57. The molecule has 28 heavy (non-hydrogen) atoms. The van der Waals surface area contributed by atoms with Crippen LogP contribution in [0.25, 0.3) is 11.4 Å². The molecule has 0 N–H and O–H groups in total. The summed E-state index contributed by atoms with van der Waals surface area (Å²) >= 11 is 6.00. The quantitative estimate of drug-likeness (QED) is 0.678. The van der Waals surface area contributed by atoms with Crippen LogP contribution < -0.4 is 15.4 Å². The Labute approximate surface area is 168 Å². The molecule has 1 saturated heterocycles. The first kappa shape index (κ1) is 18.4. The second kappa shape index (κ2) is 7.59. The van der Waals surface area contributed by atoms with Crippen molar-refractivity contribution in [2.24, 2.45) is 7.05 Å². The summed E-state index contributed by atoms with van der Waals surface area (Å²) in [7, 11) is 1.76. The average molecular weight is 397 g/mol. The molecule has 0 aliphatic carbocycles. The predicted octanol–water partition coefficient (Wildman–Crippen LogP) is 2.61. The first-order valence-electron chi connectivity index (χ1n) is 9.14. The molecule has 0 spiro atoms. The van der Waals surface area contributed by atoms with Crippen LogP contribution in [0.1, 0.15) is 6.92 Å². The smallest absolute Gasteiger partial charge is 0.255 e. The van der Waals surface area contributed by atoms with Crippen molar-refractivity contribution in [2.45, 2.75) is 13.0 Å². The Morgan fingerprint density at radius 3 is 2.57 bits per heavy atom. The van der Waals surface area contributed by atoms with E-state index < -0.39 is 0 Å². The summed E-state index contributed by atoms with van der Waals surface area (Å²) < 4.78 is 1.60. The lowest BCUT2D eigenvalue weighted by atomic mass is 10.1. The van der Waals surface area contributed by atoms with Gasteiger partial charge < -0.3 is 9.80 Å². The van der Waals surface area contributed by atoms with Crippen molar-refractivity contribution >= 4 is 23.2 Å². The molecule has 7 nitrogen and oxygen atoms in total. The van der Waals surface area contributed by atoms with E-state index in [0.29, 0.717) is 17.3 Å². The minimum Gasteiger partial charge on any atom is -0.368 e. The van der Waals surface area contributed by atoms with Crippen molar-refractivity contribution in [1.29, 1.82) is 0 Å². The standard InChI is InChI=1S/C20H21ClN6O/c1-14-12-26(16-5-3-15(21)4-6-16)9-10-27(14)20-24-18(11-19(28)25(20)2)17-7-8-22-13-23-17/h3-8,11,13-14H,9-10,12H2,1-2H3/t14-/m1/s1. The number of benzene rings is 1. The Morgan fingerprint density at radius 1 is 1.11 bits per heavy atom. The number of halogens is 1. The van der Waals surface area contributed by atoms with E-state index >= 15 is 0 Å². The maximum absolute atomic E-state index is 12.5. The minimum absolute atomic E-state index is 0.106. The SMILES string of the molecule is C[C@@H]1CN(c2ccc(Cl)cc2)CCN1c1nc(-c2ccncn2)cc(=O)n1C. The lowest BCUT2D eigenvalue weighted by molar-refractivity contribution is 0.529. The summed E-state index contributed by atoms with van der Waals surface area (Å²) in [5.41, 5.74) is 2.24.